The number of carbonyl (C=O) groups is 2. The zero-order valence-corrected chi connectivity index (χ0v) is 18.7. The van der Waals surface area contributed by atoms with Crippen LogP contribution in [-0.2, 0) is 11.3 Å². The highest BCUT2D eigenvalue weighted by Gasteiger charge is 2.29. The molecule has 0 spiro atoms. The van der Waals surface area contributed by atoms with E-state index in [9.17, 15) is 9.59 Å². The van der Waals surface area contributed by atoms with Crippen molar-refractivity contribution in [3.05, 3.63) is 84.6 Å². The molecule has 1 aromatic heterocycles. The summed E-state index contributed by atoms with van der Waals surface area (Å²) in [5, 5.41) is 6.36. The van der Waals surface area contributed by atoms with E-state index >= 15 is 0 Å². The molecule has 1 aliphatic rings. The number of para-hydroxylation sites is 1. The number of fused-ring (bicyclic) bond motifs is 2. The predicted octanol–water partition coefficient (Wildman–Crippen LogP) is 4.85. The molecule has 168 valence electrons. The minimum absolute atomic E-state index is 0.0174. The summed E-state index contributed by atoms with van der Waals surface area (Å²) in [6.07, 6.45) is 4.65. The number of carbonyl (C=O) groups excluding carboxylic acids is 2. The maximum atomic E-state index is 13.3. The van der Waals surface area contributed by atoms with Gasteiger partial charge in [0, 0.05) is 43.5 Å². The van der Waals surface area contributed by atoms with Crippen LogP contribution < -0.4 is 5.32 Å². The number of benzene rings is 3. The number of nitrogens with one attached hydrogen (secondary N) is 1. The van der Waals surface area contributed by atoms with Gasteiger partial charge in [-0.15, -0.1) is 0 Å². The first-order valence-corrected chi connectivity index (χ1v) is 11.8. The van der Waals surface area contributed by atoms with Gasteiger partial charge in [-0.3, -0.25) is 9.59 Å². The summed E-state index contributed by atoms with van der Waals surface area (Å²) in [6.45, 7) is 2.69. The van der Waals surface area contributed by atoms with Crippen molar-refractivity contribution in [1.82, 2.24) is 14.8 Å². The largest absolute Gasteiger partial charge is 0.356 e. The number of amides is 2. The molecule has 33 heavy (non-hydrogen) atoms. The van der Waals surface area contributed by atoms with Gasteiger partial charge in [0.15, 0.2) is 0 Å². The van der Waals surface area contributed by atoms with E-state index in [-0.39, 0.29) is 17.7 Å². The molecule has 0 saturated carbocycles. The highest BCUT2D eigenvalue weighted by molar-refractivity contribution is 6.07. The molecule has 2 amide bonds. The molecule has 1 N–H and O–H groups in total. The summed E-state index contributed by atoms with van der Waals surface area (Å²) in [5.74, 6) is -0.0725. The smallest absolute Gasteiger partial charge is 0.254 e. The highest BCUT2D eigenvalue weighted by atomic mass is 16.2. The van der Waals surface area contributed by atoms with Crippen LogP contribution in [0.3, 0.4) is 0 Å². The van der Waals surface area contributed by atoms with Crippen LogP contribution in [0.25, 0.3) is 21.7 Å². The fraction of sp³-hybridized carbons (Fsp3) is 0.286. The molecular weight excluding hydrogens is 410 g/mol. The Hall–Kier alpha value is -3.60. The van der Waals surface area contributed by atoms with Crippen LogP contribution in [0.1, 0.15) is 29.6 Å². The van der Waals surface area contributed by atoms with Crippen molar-refractivity contribution in [3.63, 3.8) is 0 Å². The molecular formula is C28H29N3O2. The lowest BCUT2D eigenvalue weighted by Crippen LogP contribution is -2.45. The molecule has 1 unspecified atom stereocenters. The normalized spacial score (nSPS) is 16.2. The molecule has 1 atom stereocenters. The SMILES string of the molecule is O=C(NCCCn1ccc2ccccc21)C1CCCN(C(=O)c2cccc3ccccc23)C1. The molecule has 5 heteroatoms. The van der Waals surface area contributed by atoms with Gasteiger partial charge in [0.1, 0.15) is 0 Å². The standard InChI is InChI=1S/C28H29N3O2/c32-27(29-16-7-18-30-19-15-22-9-2-4-14-26(22)30)23-11-6-17-31(20-23)28(33)25-13-5-10-21-8-1-3-12-24(21)25/h1-5,8-10,12-15,19,23H,6-7,11,16-18,20H2,(H,29,32). The fourth-order valence-corrected chi connectivity index (χ4v) is 4.90. The summed E-state index contributed by atoms with van der Waals surface area (Å²) in [4.78, 5) is 28.0. The maximum absolute atomic E-state index is 13.3. The Labute approximate surface area is 194 Å². The number of likely N-dealkylation sites (tertiary alicyclic amines) is 1. The third kappa shape index (κ3) is 4.49. The van der Waals surface area contributed by atoms with Crippen molar-refractivity contribution >= 4 is 33.5 Å². The predicted molar refractivity (Wildman–Crippen MR) is 132 cm³/mol. The molecule has 5 rings (SSSR count). The summed E-state index contributed by atoms with van der Waals surface area (Å²) in [7, 11) is 0. The summed E-state index contributed by atoms with van der Waals surface area (Å²) < 4.78 is 2.23. The molecule has 4 aromatic rings. The summed E-state index contributed by atoms with van der Waals surface area (Å²) >= 11 is 0. The number of hydrogen-bond donors (Lipinski definition) is 1. The second-order valence-electron chi connectivity index (χ2n) is 8.83. The molecule has 2 heterocycles. The number of aromatic nitrogens is 1. The third-order valence-electron chi connectivity index (χ3n) is 6.65. The Balaban J connectivity index is 1.16. The average molecular weight is 440 g/mol. The zero-order chi connectivity index (χ0) is 22.6. The molecule has 0 aliphatic carbocycles. The quantitative estimate of drug-likeness (QED) is 0.437. The average Bonchev–Trinajstić information content (AvgIpc) is 3.29. The maximum Gasteiger partial charge on any atom is 0.254 e. The Kier molecular flexibility index (Phi) is 6.11. The molecule has 0 bridgehead atoms. The Morgan fingerprint density at radius 1 is 0.909 bits per heavy atom. The van der Waals surface area contributed by atoms with E-state index in [0.717, 1.165) is 36.6 Å². The van der Waals surface area contributed by atoms with Crippen LogP contribution in [-0.4, -0.2) is 40.9 Å². The summed E-state index contributed by atoms with van der Waals surface area (Å²) in [6, 6.07) is 24.3. The Morgan fingerprint density at radius 2 is 1.70 bits per heavy atom. The van der Waals surface area contributed by atoms with Crippen molar-refractivity contribution in [2.45, 2.75) is 25.8 Å². The fourth-order valence-electron chi connectivity index (χ4n) is 4.90. The van der Waals surface area contributed by atoms with Crippen LogP contribution >= 0.6 is 0 Å². The van der Waals surface area contributed by atoms with E-state index in [1.165, 1.54) is 10.9 Å². The van der Waals surface area contributed by atoms with Gasteiger partial charge in [0.2, 0.25) is 5.91 Å². The van der Waals surface area contributed by atoms with Gasteiger partial charge in [-0.1, -0.05) is 54.6 Å². The Bertz CT molecular complexity index is 1290. The zero-order valence-electron chi connectivity index (χ0n) is 18.7. The van der Waals surface area contributed by atoms with Crippen LogP contribution in [0.4, 0.5) is 0 Å². The van der Waals surface area contributed by atoms with E-state index in [4.69, 9.17) is 0 Å². The van der Waals surface area contributed by atoms with Crippen LogP contribution in [0, 0.1) is 5.92 Å². The van der Waals surface area contributed by atoms with E-state index in [2.05, 4.69) is 40.3 Å². The number of piperidine rings is 1. The lowest BCUT2D eigenvalue weighted by atomic mass is 9.95. The van der Waals surface area contributed by atoms with Crippen LogP contribution in [0.2, 0.25) is 0 Å². The lowest BCUT2D eigenvalue weighted by Gasteiger charge is -2.32. The van der Waals surface area contributed by atoms with E-state index in [1.54, 1.807) is 0 Å². The topological polar surface area (TPSA) is 54.3 Å². The van der Waals surface area contributed by atoms with Crippen molar-refractivity contribution in [2.24, 2.45) is 5.92 Å². The van der Waals surface area contributed by atoms with Gasteiger partial charge < -0.3 is 14.8 Å². The monoisotopic (exact) mass is 439 g/mol. The van der Waals surface area contributed by atoms with Crippen molar-refractivity contribution in [2.75, 3.05) is 19.6 Å². The van der Waals surface area contributed by atoms with Gasteiger partial charge in [-0.25, -0.2) is 0 Å². The Morgan fingerprint density at radius 3 is 2.61 bits per heavy atom. The van der Waals surface area contributed by atoms with Crippen molar-refractivity contribution in [1.29, 1.82) is 0 Å². The molecule has 1 aliphatic heterocycles. The second-order valence-corrected chi connectivity index (χ2v) is 8.83. The van der Waals surface area contributed by atoms with Gasteiger partial charge >= 0.3 is 0 Å². The van der Waals surface area contributed by atoms with Crippen molar-refractivity contribution < 1.29 is 9.59 Å². The second kappa shape index (κ2) is 9.49. The highest BCUT2D eigenvalue weighted by Crippen LogP contribution is 2.24. The summed E-state index contributed by atoms with van der Waals surface area (Å²) in [5.41, 5.74) is 1.94. The van der Waals surface area contributed by atoms with Gasteiger partial charge in [-0.05, 0) is 53.6 Å². The first kappa shape index (κ1) is 21.3. The van der Waals surface area contributed by atoms with E-state index in [1.807, 2.05) is 53.4 Å². The molecule has 1 fully saturated rings. The van der Waals surface area contributed by atoms with Gasteiger partial charge in [0.05, 0.1) is 5.92 Å². The number of nitrogens with zero attached hydrogens (tertiary/aromatic N) is 2. The minimum atomic E-state index is -0.148. The number of rotatable bonds is 6. The number of aryl methyl sites for hydroxylation is 1. The molecule has 3 aromatic carbocycles. The first-order chi connectivity index (χ1) is 16.2. The van der Waals surface area contributed by atoms with Gasteiger partial charge in [-0.2, -0.15) is 0 Å². The van der Waals surface area contributed by atoms with Gasteiger partial charge in [0.25, 0.3) is 5.91 Å². The van der Waals surface area contributed by atoms with Crippen LogP contribution in [0.5, 0.6) is 0 Å². The number of hydrogen-bond acceptors (Lipinski definition) is 2. The van der Waals surface area contributed by atoms with Crippen LogP contribution in [0.15, 0.2) is 79.0 Å². The minimum Gasteiger partial charge on any atom is -0.356 e. The lowest BCUT2D eigenvalue weighted by molar-refractivity contribution is -0.126. The molecule has 1 saturated heterocycles. The van der Waals surface area contributed by atoms with E-state index < -0.39 is 0 Å². The van der Waals surface area contributed by atoms with E-state index in [0.29, 0.717) is 25.2 Å². The first-order valence-electron chi connectivity index (χ1n) is 11.8. The third-order valence-corrected chi connectivity index (χ3v) is 6.65. The van der Waals surface area contributed by atoms with Crippen molar-refractivity contribution in [3.8, 4) is 0 Å². The molecule has 5 nitrogen and oxygen atoms in total. The molecule has 0 radical (unpaired) electrons.